The first-order valence-corrected chi connectivity index (χ1v) is 8.65. The molecule has 0 saturated carbocycles. The Morgan fingerprint density at radius 1 is 1.46 bits per heavy atom. The summed E-state index contributed by atoms with van der Waals surface area (Å²) in [7, 11) is 1.36. The number of hydrogen-bond acceptors (Lipinski definition) is 6. The van der Waals surface area contributed by atoms with Crippen molar-refractivity contribution in [2.24, 2.45) is 0 Å². The van der Waals surface area contributed by atoms with E-state index in [4.69, 9.17) is 4.74 Å². The monoisotopic (exact) mass is 346 g/mol. The molecule has 1 saturated heterocycles. The fourth-order valence-electron chi connectivity index (χ4n) is 2.65. The van der Waals surface area contributed by atoms with E-state index in [9.17, 15) is 9.59 Å². The first kappa shape index (κ1) is 16.5. The van der Waals surface area contributed by atoms with Crippen LogP contribution in [-0.2, 0) is 16.1 Å². The second kappa shape index (κ2) is 7.04. The third-order valence-electron chi connectivity index (χ3n) is 3.81. The molecule has 24 heavy (non-hydrogen) atoms. The van der Waals surface area contributed by atoms with Crippen LogP contribution in [0.15, 0.2) is 30.5 Å². The van der Waals surface area contributed by atoms with Crippen molar-refractivity contribution in [2.45, 2.75) is 18.8 Å². The number of ether oxygens (including phenoxy) is 1. The number of benzene rings is 1. The van der Waals surface area contributed by atoms with E-state index in [0.717, 1.165) is 11.3 Å². The Morgan fingerprint density at radius 2 is 2.29 bits per heavy atom. The number of nitrogens with zero attached hydrogens (tertiary/aromatic N) is 4. The van der Waals surface area contributed by atoms with E-state index in [1.54, 1.807) is 33.5 Å². The molecule has 0 radical (unpaired) electrons. The number of carbonyl (C=O) groups excluding carboxylic acids is 2. The van der Waals surface area contributed by atoms with Crippen molar-refractivity contribution in [2.75, 3.05) is 19.4 Å². The molecule has 1 atom stereocenters. The molecule has 1 unspecified atom stereocenters. The van der Waals surface area contributed by atoms with Gasteiger partial charge in [-0.2, -0.15) is 0 Å². The van der Waals surface area contributed by atoms with E-state index >= 15 is 0 Å². The van der Waals surface area contributed by atoms with Crippen LogP contribution in [0.3, 0.4) is 0 Å². The van der Waals surface area contributed by atoms with Gasteiger partial charge in [0.25, 0.3) is 0 Å². The van der Waals surface area contributed by atoms with Gasteiger partial charge in [0.15, 0.2) is 0 Å². The lowest BCUT2D eigenvalue weighted by atomic mass is 10.1. The molecule has 0 aliphatic carbocycles. The molecule has 1 aliphatic heterocycles. The fraction of sp³-hybridized carbons (Fsp3) is 0.375. The van der Waals surface area contributed by atoms with E-state index in [2.05, 4.69) is 10.3 Å². The Hall–Kier alpha value is -2.35. The highest BCUT2D eigenvalue weighted by atomic mass is 32.2. The number of carbonyl (C=O) groups is 2. The van der Waals surface area contributed by atoms with Gasteiger partial charge in [-0.05, 0) is 24.6 Å². The maximum Gasteiger partial charge on any atom is 0.337 e. The van der Waals surface area contributed by atoms with E-state index < -0.39 is 0 Å². The molecule has 2 heterocycles. The van der Waals surface area contributed by atoms with Crippen molar-refractivity contribution in [3.63, 3.8) is 0 Å². The average Bonchev–Trinajstić information content (AvgIpc) is 3.20. The SMILES string of the molecule is CCN1C(=O)CSC1c1cn(Cc2cccc(C(=O)OC)c2)nn1. The Morgan fingerprint density at radius 3 is 3.04 bits per heavy atom. The summed E-state index contributed by atoms with van der Waals surface area (Å²) in [5, 5.41) is 8.28. The van der Waals surface area contributed by atoms with Crippen LogP contribution in [0.4, 0.5) is 0 Å². The second-order valence-electron chi connectivity index (χ2n) is 5.38. The zero-order valence-electron chi connectivity index (χ0n) is 13.5. The quantitative estimate of drug-likeness (QED) is 0.767. The topological polar surface area (TPSA) is 77.3 Å². The highest BCUT2D eigenvalue weighted by molar-refractivity contribution is 8.00. The first-order valence-electron chi connectivity index (χ1n) is 7.60. The summed E-state index contributed by atoms with van der Waals surface area (Å²) in [6.45, 7) is 3.11. The normalized spacial score (nSPS) is 17.3. The van der Waals surface area contributed by atoms with Crippen molar-refractivity contribution < 1.29 is 14.3 Å². The Balaban J connectivity index is 1.75. The summed E-state index contributed by atoms with van der Waals surface area (Å²) in [5.74, 6) is 0.246. The summed E-state index contributed by atoms with van der Waals surface area (Å²) in [6, 6.07) is 7.21. The van der Waals surface area contributed by atoms with Gasteiger partial charge in [0, 0.05) is 6.54 Å². The smallest absolute Gasteiger partial charge is 0.337 e. The number of aromatic nitrogens is 3. The van der Waals surface area contributed by atoms with Crippen LogP contribution < -0.4 is 0 Å². The Kier molecular flexibility index (Phi) is 4.84. The first-order chi connectivity index (χ1) is 11.6. The van der Waals surface area contributed by atoms with Crippen molar-refractivity contribution in [1.82, 2.24) is 19.9 Å². The van der Waals surface area contributed by atoms with Crippen LogP contribution in [0.2, 0.25) is 0 Å². The zero-order valence-corrected chi connectivity index (χ0v) is 14.3. The Labute approximate surface area is 144 Å². The summed E-state index contributed by atoms with van der Waals surface area (Å²) in [4.78, 5) is 25.2. The fourth-order valence-corrected chi connectivity index (χ4v) is 3.84. The van der Waals surface area contributed by atoms with Crippen molar-refractivity contribution in [3.8, 4) is 0 Å². The lowest BCUT2D eigenvalue weighted by molar-refractivity contribution is -0.127. The molecule has 1 aromatic carbocycles. The van der Waals surface area contributed by atoms with Crippen LogP contribution in [0.1, 0.15) is 33.9 Å². The Bertz CT molecular complexity index is 761. The van der Waals surface area contributed by atoms with Gasteiger partial charge in [0.1, 0.15) is 11.1 Å². The summed E-state index contributed by atoms with van der Waals surface area (Å²) < 4.78 is 6.44. The number of rotatable bonds is 5. The van der Waals surface area contributed by atoms with Crippen LogP contribution in [0.25, 0.3) is 0 Å². The molecule has 0 spiro atoms. The summed E-state index contributed by atoms with van der Waals surface area (Å²) in [5.41, 5.74) is 2.21. The summed E-state index contributed by atoms with van der Waals surface area (Å²) >= 11 is 1.56. The van der Waals surface area contributed by atoms with Gasteiger partial charge in [-0.3, -0.25) is 4.79 Å². The number of methoxy groups -OCH3 is 1. The predicted molar refractivity (Wildman–Crippen MR) is 89.5 cm³/mol. The van der Waals surface area contributed by atoms with E-state index in [0.29, 0.717) is 24.4 Å². The van der Waals surface area contributed by atoms with Gasteiger partial charge in [-0.1, -0.05) is 17.3 Å². The molecule has 8 heteroatoms. The highest BCUT2D eigenvalue weighted by Gasteiger charge is 2.33. The molecular formula is C16H18N4O3S. The molecular weight excluding hydrogens is 328 g/mol. The molecule has 0 bridgehead atoms. The molecule has 7 nitrogen and oxygen atoms in total. The molecule has 1 aromatic heterocycles. The maximum atomic E-state index is 11.8. The number of hydrogen-bond donors (Lipinski definition) is 0. The maximum absolute atomic E-state index is 11.8. The average molecular weight is 346 g/mol. The lowest BCUT2D eigenvalue weighted by Crippen LogP contribution is -2.27. The lowest BCUT2D eigenvalue weighted by Gasteiger charge is -2.19. The minimum Gasteiger partial charge on any atom is -0.465 e. The van der Waals surface area contributed by atoms with Gasteiger partial charge < -0.3 is 9.64 Å². The van der Waals surface area contributed by atoms with E-state index in [-0.39, 0.29) is 17.3 Å². The largest absolute Gasteiger partial charge is 0.465 e. The predicted octanol–water partition coefficient (Wildman–Crippen LogP) is 1.71. The van der Waals surface area contributed by atoms with Crippen LogP contribution in [0.5, 0.6) is 0 Å². The number of esters is 1. The molecule has 1 amide bonds. The number of amides is 1. The van der Waals surface area contributed by atoms with Gasteiger partial charge in [-0.15, -0.1) is 16.9 Å². The molecule has 126 valence electrons. The minimum absolute atomic E-state index is 0.0716. The zero-order chi connectivity index (χ0) is 17.1. The van der Waals surface area contributed by atoms with Gasteiger partial charge >= 0.3 is 5.97 Å². The second-order valence-corrected chi connectivity index (χ2v) is 6.44. The van der Waals surface area contributed by atoms with Crippen molar-refractivity contribution in [3.05, 3.63) is 47.3 Å². The van der Waals surface area contributed by atoms with Crippen LogP contribution in [-0.4, -0.2) is 51.2 Å². The van der Waals surface area contributed by atoms with E-state index in [1.807, 2.05) is 25.3 Å². The standard InChI is InChI=1S/C16H18N4O3S/c1-3-20-14(21)10-24-15(20)13-9-19(18-17-13)8-11-5-4-6-12(7-11)16(22)23-2/h4-7,9,15H,3,8,10H2,1-2H3. The van der Waals surface area contributed by atoms with Gasteiger partial charge in [0.2, 0.25) is 5.91 Å². The van der Waals surface area contributed by atoms with Crippen LogP contribution in [0, 0.1) is 0 Å². The minimum atomic E-state index is -0.365. The van der Waals surface area contributed by atoms with Crippen molar-refractivity contribution >= 4 is 23.6 Å². The molecule has 0 N–H and O–H groups in total. The molecule has 2 aromatic rings. The third kappa shape index (κ3) is 3.28. The van der Waals surface area contributed by atoms with E-state index in [1.165, 1.54) is 7.11 Å². The summed E-state index contributed by atoms with van der Waals surface area (Å²) in [6.07, 6.45) is 1.85. The third-order valence-corrected chi connectivity index (χ3v) is 5.04. The van der Waals surface area contributed by atoms with Gasteiger partial charge in [0.05, 0.1) is 31.2 Å². The molecule has 1 aliphatic rings. The number of thioether (sulfide) groups is 1. The highest BCUT2D eigenvalue weighted by Crippen LogP contribution is 2.37. The molecule has 3 rings (SSSR count). The van der Waals surface area contributed by atoms with Crippen molar-refractivity contribution in [1.29, 1.82) is 0 Å². The molecule has 1 fully saturated rings. The van der Waals surface area contributed by atoms with Gasteiger partial charge in [-0.25, -0.2) is 9.48 Å². The van der Waals surface area contributed by atoms with Crippen LogP contribution >= 0.6 is 11.8 Å².